The van der Waals surface area contributed by atoms with Gasteiger partial charge < -0.3 is 15.2 Å². The second-order valence-corrected chi connectivity index (χ2v) is 7.61. The Bertz CT molecular complexity index is 832. The van der Waals surface area contributed by atoms with Gasteiger partial charge in [0.2, 0.25) is 5.91 Å². The molecule has 0 aliphatic carbocycles. The predicted molar refractivity (Wildman–Crippen MR) is 107 cm³/mol. The van der Waals surface area contributed by atoms with Crippen molar-refractivity contribution in [2.24, 2.45) is 0 Å². The summed E-state index contributed by atoms with van der Waals surface area (Å²) in [6, 6.07) is 14.6. The van der Waals surface area contributed by atoms with Crippen LogP contribution in [0.25, 0.3) is 0 Å². The van der Waals surface area contributed by atoms with E-state index >= 15 is 0 Å². The van der Waals surface area contributed by atoms with Crippen molar-refractivity contribution in [2.45, 2.75) is 51.7 Å². The number of hydrogen-bond donors (Lipinski definition) is 1. The number of piperidine rings is 1. The van der Waals surface area contributed by atoms with Crippen LogP contribution in [-0.2, 0) is 11.3 Å². The lowest BCUT2D eigenvalue weighted by Crippen LogP contribution is -2.49. The summed E-state index contributed by atoms with van der Waals surface area (Å²) in [5, 5.41) is 14.0. The molecule has 5 heteroatoms. The summed E-state index contributed by atoms with van der Waals surface area (Å²) < 4.78 is 0. The van der Waals surface area contributed by atoms with E-state index < -0.39 is 5.97 Å². The average molecular weight is 379 g/mol. The maximum Gasteiger partial charge on any atom is 0.237 e. The first-order chi connectivity index (χ1) is 13.4. The molecule has 0 radical (unpaired) electrons. The summed E-state index contributed by atoms with van der Waals surface area (Å²) in [7, 11) is 0. The van der Waals surface area contributed by atoms with E-state index in [0.717, 1.165) is 37.9 Å². The zero-order chi connectivity index (χ0) is 20.1. The Labute approximate surface area is 166 Å². The fourth-order valence-corrected chi connectivity index (χ4v) is 3.82. The zero-order valence-corrected chi connectivity index (χ0v) is 16.5. The van der Waals surface area contributed by atoms with Crippen LogP contribution < -0.4 is 10.4 Å². The third-order valence-corrected chi connectivity index (χ3v) is 5.39. The minimum absolute atomic E-state index is 0.0313. The summed E-state index contributed by atoms with van der Waals surface area (Å²) >= 11 is 0. The lowest BCUT2D eigenvalue weighted by atomic mass is 9.99. The first kappa shape index (κ1) is 20.1. The van der Waals surface area contributed by atoms with Gasteiger partial charge in [-0.15, -0.1) is 0 Å². The molecule has 1 aliphatic heterocycles. The highest BCUT2D eigenvalue weighted by Gasteiger charge is 2.29. The number of aryl methyl sites for hydroxylation is 1. The van der Waals surface area contributed by atoms with E-state index in [2.05, 4.69) is 41.4 Å². The van der Waals surface area contributed by atoms with Gasteiger partial charge in [-0.05, 0) is 49.9 Å². The monoisotopic (exact) mass is 379 g/mol. The van der Waals surface area contributed by atoms with Gasteiger partial charge in [-0.3, -0.25) is 9.69 Å². The minimum atomic E-state index is -1.20. The van der Waals surface area contributed by atoms with Gasteiger partial charge in [0, 0.05) is 6.54 Å². The molecular formula is C23H27N2O3-. The molecule has 28 heavy (non-hydrogen) atoms. The molecule has 2 aromatic rings. The van der Waals surface area contributed by atoms with Crippen LogP contribution in [0.5, 0.6) is 0 Å². The lowest BCUT2D eigenvalue weighted by Gasteiger charge is -2.35. The van der Waals surface area contributed by atoms with E-state index in [0.29, 0.717) is 0 Å². The van der Waals surface area contributed by atoms with Gasteiger partial charge >= 0.3 is 0 Å². The smallest absolute Gasteiger partial charge is 0.237 e. The summed E-state index contributed by atoms with van der Waals surface area (Å²) in [6.07, 6.45) is 3.01. The maximum absolute atomic E-state index is 13.0. The largest absolute Gasteiger partial charge is 0.545 e. The Kier molecular flexibility index (Phi) is 6.47. The first-order valence-corrected chi connectivity index (χ1v) is 9.85. The summed E-state index contributed by atoms with van der Waals surface area (Å²) in [6.45, 7) is 5.69. The van der Waals surface area contributed by atoms with Crippen molar-refractivity contribution in [1.82, 2.24) is 10.2 Å². The molecule has 0 unspecified atom stereocenters. The Morgan fingerprint density at radius 3 is 2.61 bits per heavy atom. The van der Waals surface area contributed by atoms with Gasteiger partial charge in [0.15, 0.2) is 0 Å². The Morgan fingerprint density at radius 1 is 1.18 bits per heavy atom. The number of aromatic carboxylic acids is 1. The minimum Gasteiger partial charge on any atom is -0.545 e. The van der Waals surface area contributed by atoms with Gasteiger partial charge in [0.1, 0.15) is 0 Å². The Morgan fingerprint density at radius 2 is 1.93 bits per heavy atom. The number of benzene rings is 2. The molecule has 2 atom stereocenters. The quantitative estimate of drug-likeness (QED) is 0.837. The number of likely N-dealkylation sites (tertiary alicyclic amines) is 1. The number of hydrogen-bond acceptors (Lipinski definition) is 4. The second-order valence-electron chi connectivity index (χ2n) is 7.61. The molecule has 148 valence electrons. The van der Waals surface area contributed by atoms with Crippen molar-refractivity contribution in [3.05, 3.63) is 70.8 Å². The third kappa shape index (κ3) is 4.98. The molecule has 5 nitrogen and oxygen atoms in total. The highest BCUT2D eigenvalue weighted by Crippen LogP contribution is 2.22. The fourth-order valence-electron chi connectivity index (χ4n) is 3.82. The number of rotatable bonds is 6. The predicted octanol–water partition coefficient (Wildman–Crippen LogP) is 2.59. The average Bonchev–Trinajstić information content (AvgIpc) is 2.68. The van der Waals surface area contributed by atoms with E-state index in [1.807, 2.05) is 6.92 Å². The van der Waals surface area contributed by atoms with Crippen molar-refractivity contribution in [3.8, 4) is 0 Å². The molecule has 0 saturated carbocycles. The molecule has 1 aliphatic rings. The van der Waals surface area contributed by atoms with Crippen LogP contribution in [0.15, 0.2) is 48.5 Å². The van der Waals surface area contributed by atoms with Crippen LogP contribution in [0, 0.1) is 6.92 Å². The van der Waals surface area contributed by atoms with Crippen LogP contribution >= 0.6 is 0 Å². The summed E-state index contributed by atoms with van der Waals surface area (Å²) in [5.41, 5.74) is 3.47. The SMILES string of the molecule is Cc1cccc(CN2CCCC[C@@H]2C(=O)N[C@@H](C)c2ccc(C(=O)[O-])cc2)c1. The number of carbonyl (C=O) groups excluding carboxylic acids is 2. The highest BCUT2D eigenvalue weighted by molar-refractivity contribution is 5.85. The second kappa shape index (κ2) is 9.02. The normalized spacial score (nSPS) is 18.4. The van der Waals surface area contributed by atoms with Gasteiger partial charge in [-0.25, -0.2) is 0 Å². The molecular weight excluding hydrogens is 352 g/mol. The topological polar surface area (TPSA) is 72.5 Å². The van der Waals surface area contributed by atoms with Crippen molar-refractivity contribution in [1.29, 1.82) is 0 Å². The lowest BCUT2D eigenvalue weighted by molar-refractivity contribution is -0.255. The molecule has 1 amide bonds. The molecule has 1 fully saturated rings. The van der Waals surface area contributed by atoms with Crippen LogP contribution in [0.4, 0.5) is 0 Å². The number of nitrogens with zero attached hydrogens (tertiary/aromatic N) is 1. The van der Waals surface area contributed by atoms with Gasteiger partial charge in [-0.2, -0.15) is 0 Å². The van der Waals surface area contributed by atoms with Crippen molar-refractivity contribution in [2.75, 3.05) is 6.54 Å². The number of carbonyl (C=O) groups is 2. The molecule has 3 rings (SSSR count). The third-order valence-electron chi connectivity index (χ3n) is 5.39. The molecule has 0 aromatic heterocycles. The standard InChI is InChI=1S/C23H28N2O3/c1-16-6-5-7-18(14-16)15-25-13-4-3-8-21(25)22(26)24-17(2)19-9-11-20(12-10-19)23(27)28/h5-7,9-12,14,17,21H,3-4,8,13,15H2,1-2H3,(H,24,26)(H,27,28)/p-1/t17-,21+/m0/s1. The fraction of sp³-hybridized carbons (Fsp3) is 0.391. The number of amides is 1. The molecule has 0 bridgehead atoms. The van der Waals surface area contributed by atoms with Crippen LogP contribution in [0.2, 0.25) is 0 Å². The molecule has 1 heterocycles. The Hall–Kier alpha value is -2.66. The van der Waals surface area contributed by atoms with Crippen molar-refractivity contribution >= 4 is 11.9 Å². The zero-order valence-electron chi connectivity index (χ0n) is 16.5. The van der Waals surface area contributed by atoms with E-state index in [1.54, 1.807) is 12.1 Å². The van der Waals surface area contributed by atoms with Crippen molar-refractivity contribution < 1.29 is 14.7 Å². The van der Waals surface area contributed by atoms with E-state index in [9.17, 15) is 14.7 Å². The van der Waals surface area contributed by atoms with Gasteiger partial charge in [0.25, 0.3) is 0 Å². The van der Waals surface area contributed by atoms with Crippen molar-refractivity contribution in [3.63, 3.8) is 0 Å². The van der Waals surface area contributed by atoms with Crippen LogP contribution in [0.1, 0.15) is 59.3 Å². The van der Waals surface area contributed by atoms with Crippen LogP contribution in [-0.4, -0.2) is 29.4 Å². The summed E-state index contributed by atoms with van der Waals surface area (Å²) in [4.78, 5) is 26.1. The number of carboxylic acids is 1. The van der Waals surface area contributed by atoms with Crippen LogP contribution in [0.3, 0.4) is 0 Å². The molecule has 1 N–H and O–H groups in total. The van der Waals surface area contributed by atoms with Gasteiger partial charge in [-0.1, -0.05) is 60.5 Å². The van der Waals surface area contributed by atoms with Gasteiger partial charge in [0.05, 0.1) is 18.1 Å². The molecule has 2 aromatic carbocycles. The Balaban J connectivity index is 1.65. The number of carboxylic acid groups (broad SMARTS) is 1. The molecule has 0 spiro atoms. The first-order valence-electron chi connectivity index (χ1n) is 9.85. The highest BCUT2D eigenvalue weighted by atomic mass is 16.4. The summed E-state index contributed by atoms with van der Waals surface area (Å²) in [5.74, 6) is -1.17. The van der Waals surface area contributed by atoms with E-state index in [4.69, 9.17) is 0 Å². The van der Waals surface area contributed by atoms with E-state index in [1.165, 1.54) is 23.3 Å². The van der Waals surface area contributed by atoms with E-state index in [-0.39, 0.29) is 23.6 Å². The maximum atomic E-state index is 13.0. The molecule has 1 saturated heterocycles. The number of nitrogens with one attached hydrogen (secondary N) is 1.